The van der Waals surface area contributed by atoms with E-state index in [0.29, 0.717) is 19.8 Å². The van der Waals surface area contributed by atoms with Gasteiger partial charge in [0.05, 0.1) is 13.2 Å². The first kappa shape index (κ1) is 28.2. The highest BCUT2D eigenvalue weighted by atomic mass is 19.3. The lowest BCUT2D eigenvalue weighted by Gasteiger charge is -2.27. The molecule has 0 bridgehead atoms. The molecule has 1 fully saturated rings. The number of rotatable bonds is 13. The topological polar surface area (TPSA) is 91.6 Å². The van der Waals surface area contributed by atoms with E-state index >= 15 is 0 Å². The van der Waals surface area contributed by atoms with Crippen molar-refractivity contribution >= 4 is 17.1 Å². The molecule has 0 amide bonds. The van der Waals surface area contributed by atoms with Crippen molar-refractivity contribution in [2.45, 2.75) is 24.9 Å². The molecule has 200 valence electrons. The van der Waals surface area contributed by atoms with E-state index in [1.54, 1.807) is 0 Å². The summed E-state index contributed by atoms with van der Waals surface area (Å²) >= 11 is 0. The standard InChI is InChI=1S/C25H24F6N2O4/c26-20(27)13-37-19-4-2-1-3-17(19)21(32)22(34)18(10-33-9-14-11-36-12-14)15-5-7-16(8-6-15)25(35,23(28)29)24(30)31/h1-8,10,14,20,23-24,32-33,35H,9,11-13H2/b18-10-,32-21?. The summed E-state index contributed by atoms with van der Waals surface area (Å²) in [5, 5.41) is 21.2. The van der Waals surface area contributed by atoms with Crippen molar-refractivity contribution in [1.29, 1.82) is 5.41 Å². The Morgan fingerprint density at radius 3 is 2.24 bits per heavy atom. The largest absolute Gasteiger partial charge is 0.487 e. The third-order valence-electron chi connectivity index (χ3n) is 5.68. The number of carbonyl (C=O) groups excluding carboxylic acids is 1. The maximum atomic E-state index is 13.3. The number of alkyl halides is 6. The van der Waals surface area contributed by atoms with Crippen molar-refractivity contribution < 1.29 is 45.7 Å². The van der Waals surface area contributed by atoms with Crippen LogP contribution in [0.1, 0.15) is 16.7 Å². The third kappa shape index (κ3) is 6.50. The third-order valence-corrected chi connectivity index (χ3v) is 5.68. The summed E-state index contributed by atoms with van der Waals surface area (Å²) in [4.78, 5) is 13.3. The molecule has 3 rings (SSSR count). The summed E-state index contributed by atoms with van der Waals surface area (Å²) in [5.41, 5.74) is -5.18. The number of ether oxygens (including phenoxy) is 2. The van der Waals surface area contributed by atoms with Crippen LogP contribution in [-0.4, -0.2) is 62.2 Å². The van der Waals surface area contributed by atoms with Crippen LogP contribution >= 0.6 is 0 Å². The number of aliphatic hydroxyl groups is 1. The van der Waals surface area contributed by atoms with Crippen LogP contribution in [-0.2, 0) is 15.1 Å². The molecule has 0 aliphatic carbocycles. The van der Waals surface area contributed by atoms with Gasteiger partial charge in [-0.2, -0.15) is 0 Å². The molecule has 0 aromatic heterocycles. The number of carbonyl (C=O) groups is 1. The summed E-state index contributed by atoms with van der Waals surface area (Å²) in [7, 11) is 0. The molecule has 37 heavy (non-hydrogen) atoms. The van der Waals surface area contributed by atoms with Crippen LogP contribution < -0.4 is 10.1 Å². The highest BCUT2D eigenvalue weighted by Crippen LogP contribution is 2.35. The Hall–Kier alpha value is -3.38. The number of allylic oxidation sites excluding steroid dienone is 1. The van der Waals surface area contributed by atoms with Gasteiger partial charge in [0.15, 0.2) is 0 Å². The van der Waals surface area contributed by atoms with Gasteiger partial charge >= 0.3 is 0 Å². The van der Waals surface area contributed by atoms with Gasteiger partial charge in [0, 0.05) is 29.8 Å². The van der Waals surface area contributed by atoms with Crippen LogP contribution in [0.25, 0.3) is 5.57 Å². The average Bonchev–Trinajstić information content (AvgIpc) is 2.85. The van der Waals surface area contributed by atoms with E-state index in [1.807, 2.05) is 0 Å². The molecular formula is C25H24F6N2O4. The van der Waals surface area contributed by atoms with Crippen molar-refractivity contribution in [2.24, 2.45) is 5.92 Å². The molecule has 6 nitrogen and oxygen atoms in total. The van der Waals surface area contributed by atoms with Crippen LogP contribution in [0.5, 0.6) is 5.75 Å². The lowest BCUT2D eigenvalue weighted by atomic mass is 9.90. The summed E-state index contributed by atoms with van der Waals surface area (Å²) in [6.45, 7) is 0.463. The van der Waals surface area contributed by atoms with Gasteiger partial charge in [-0.3, -0.25) is 10.2 Å². The number of para-hydroxylation sites is 1. The number of ketones is 1. The lowest BCUT2D eigenvalue weighted by molar-refractivity contribution is -0.183. The fourth-order valence-electron chi connectivity index (χ4n) is 3.48. The molecular weight excluding hydrogens is 506 g/mol. The molecule has 0 unspecified atom stereocenters. The number of hydrogen-bond acceptors (Lipinski definition) is 6. The van der Waals surface area contributed by atoms with E-state index in [0.717, 1.165) is 24.3 Å². The van der Waals surface area contributed by atoms with Crippen molar-refractivity contribution in [2.75, 3.05) is 26.4 Å². The Kier molecular flexibility index (Phi) is 9.33. The average molecular weight is 530 g/mol. The molecule has 1 heterocycles. The van der Waals surface area contributed by atoms with E-state index in [4.69, 9.17) is 14.9 Å². The monoisotopic (exact) mass is 530 g/mol. The lowest BCUT2D eigenvalue weighted by Crippen LogP contribution is -2.41. The zero-order chi connectivity index (χ0) is 27.2. The summed E-state index contributed by atoms with van der Waals surface area (Å²) < 4.78 is 88.3. The summed E-state index contributed by atoms with van der Waals surface area (Å²) in [6.07, 6.45) is -9.05. The zero-order valence-electron chi connectivity index (χ0n) is 19.3. The van der Waals surface area contributed by atoms with Gasteiger partial charge in [0.2, 0.25) is 11.4 Å². The molecule has 1 aliphatic rings. The van der Waals surface area contributed by atoms with Gasteiger partial charge in [0.25, 0.3) is 19.3 Å². The Balaban J connectivity index is 1.93. The minimum absolute atomic E-state index is 0.0622. The van der Waals surface area contributed by atoms with Gasteiger partial charge in [-0.25, -0.2) is 26.3 Å². The van der Waals surface area contributed by atoms with Gasteiger partial charge in [0.1, 0.15) is 18.1 Å². The maximum Gasteiger partial charge on any atom is 0.276 e. The molecule has 0 atom stereocenters. The highest BCUT2D eigenvalue weighted by Gasteiger charge is 2.48. The van der Waals surface area contributed by atoms with E-state index in [2.05, 4.69) is 5.32 Å². The first-order chi connectivity index (χ1) is 17.6. The molecule has 1 aliphatic heterocycles. The Labute approximate surface area is 208 Å². The highest BCUT2D eigenvalue weighted by molar-refractivity contribution is 6.59. The van der Waals surface area contributed by atoms with E-state index in [1.165, 1.54) is 30.5 Å². The number of nitrogens with one attached hydrogen (secondary N) is 2. The first-order valence-electron chi connectivity index (χ1n) is 11.1. The molecule has 2 aromatic rings. The minimum Gasteiger partial charge on any atom is -0.487 e. The predicted molar refractivity (Wildman–Crippen MR) is 122 cm³/mol. The molecule has 2 aromatic carbocycles. The fourth-order valence-corrected chi connectivity index (χ4v) is 3.48. The van der Waals surface area contributed by atoms with Gasteiger partial charge in [-0.15, -0.1) is 0 Å². The van der Waals surface area contributed by atoms with E-state index in [9.17, 15) is 36.2 Å². The van der Waals surface area contributed by atoms with Gasteiger partial charge in [-0.1, -0.05) is 36.4 Å². The number of benzene rings is 2. The first-order valence-corrected chi connectivity index (χ1v) is 11.1. The van der Waals surface area contributed by atoms with E-state index in [-0.39, 0.29) is 28.4 Å². The van der Waals surface area contributed by atoms with E-state index < -0.39 is 48.5 Å². The molecule has 1 saturated heterocycles. The second-order valence-electron chi connectivity index (χ2n) is 8.28. The van der Waals surface area contributed by atoms with Gasteiger partial charge in [-0.05, 0) is 23.3 Å². The normalized spacial score (nSPS) is 14.7. The van der Waals surface area contributed by atoms with Crippen molar-refractivity contribution in [3.8, 4) is 5.75 Å². The van der Waals surface area contributed by atoms with Crippen molar-refractivity contribution in [3.63, 3.8) is 0 Å². The Morgan fingerprint density at radius 2 is 1.70 bits per heavy atom. The van der Waals surface area contributed by atoms with Crippen LogP contribution in [0.2, 0.25) is 0 Å². The van der Waals surface area contributed by atoms with Crippen molar-refractivity contribution in [3.05, 3.63) is 71.4 Å². The zero-order valence-corrected chi connectivity index (χ0v) is 19.3. The molecule has 0 radical (unpaired) electrons. The molecule has 12 heteroatoms. The number of hydrogen-bond donors (Lipinski definition) is 3. The SMILES string of the molecule is N=C(C(=O)/C(=C\NCC1COC1)c1ccc(C(O)(C(F)F)C(F)F)cc1)c1ccccc1OCC(F)F. The summed E-state index contributed by atoms with van der Waals surface area (Å²) in [6, 6.07) is 9.50. The molecule has 3 N–H and O–H groups in total. The summed E-state index contributed by atoms with van der Waals surface area (Å²) in [5.74, 6) is -0.824. The van der Waals surface area contributed by atoms with Crippen LogP contribution in [0.4, 0.5) is 26.3 Å². The van der Waals surface area contributed by atoms with Gasteiger partial charge < -0.3 is 19.9 Å². The second kappa shape index (κ2) is 12.2. The molecule has 0 spiro atoms. The second-order valence-corrected chi connectivity index (χ2v) is 8.28. The maximum absolute atomic E-state index is 13.3. The Morgan fingerprint density at radius 1 is 1.08 bits per heavy atom. The number of Topliss-reactive ketones (excluding diaryl/α,β-unsaturated/α-hetero) is 1. The smallest absolute Gasteiger partial charge is 0.276 e. The van der Waals surface area contributed by atoms with Crippen LogP contribution in [0.3, 0.4) is 0 Å². The number of halogens is 6. The minimum atomic E-state index is -3.78. The molecule has 0 saturated carbocycles. The predicted octanol–water partition coefficient (Wildman–Crippen LogP) is 4.26. The Bertz CT molecular complexity index is 1110. The quantitative estimate of drug-likeness (QED) is 0.205. The fraction of sp³-hybridized carbons (Fsp3) is 0.360. The van der Waals surface area contributed by atoms with Crippen molar-refractivity contribution in [1.82, 2.24) is 5.32 Å². The van der Waals surface area contributed by atoms with Crippen LogP contribution in [0, 0.1) is 11.3 Å². The van der Waals surface area contributed by atoms with Crippen LogP contribution in [0.15, 0.2) is 54.7 Å².